The van der Waals surface area contributed by atoms with E-state index in [9.17, 15) is 13.2 Å². The van der Waals surface area contributed by atoms with E-state index in [0.717, 1.165) is 0 Å². The third-order valence-corrected chi connectivity index (χ3v) is 4.64. The predicted octanol–water partition coefficient (Wildman–Crippen LogP) is 2.12. The van der Waals surface area contributed by atoms with Gasteiger partial charge in [-0.1, -0.05) is 30.3 Å². The summed E-state index contributed by atoms with van der Waals surface area (Å²) in [6.07, 6.45) is 0. The summed E-state index contributed by atoms with van der Waals surface area (Å²) in [5.41, 5.74) is 1.88. The molecule has 0 aliphatic rings. The molecule has 0 aliphatic heterocycles. The van der Waals surface area contributed by atoms with Gasteiger partial charge >= 0.3 is 5.97 Å². The average molecular weight is 377 g/mol. The number of ether oxygens (including phenoxy) is 1. The number of anilines is 2. The molecule has 0 aromatic heterocycles. The molecule has 0 amide bonds. The summed E-state index contributed by atoms with van der Waals surface area (Å²) in [6, 6.07) is 12.8. The van der Waals surface area contributed by atoms with Crippen molar-refractivity contribution in [1.29, 1.82) is 0 Å². The molecule has 0 spiro atoms. The number of esters is 1. The lowest BCUT2D eigenvalue weighted by Crippen LogP contribution is -2.25. The van der Waals surface area contributed by atoms with Crippen molar-refractivity contribution in [2.75, 3.05) is 30.9 Å². The molecule has 140 valence electrons. The highest BCUT2D eigenvalue weighted by atomic mass is 32.2. The van der Waals surface area contributed by atoms with Crippen LogP contribution in [0.3, 0.4) is 0 Å². The number of nitrogens with two attached hydrogens (primary N) is 1. The van der Waals surface area contributed by atoms with Crippen LogP contribution < -0.4 is 15.4 Å². The summed E-state index contributed by atoms with van der Waals surface area (Å²) in [7, 11) is -0.236. The van der Waals surface area contributed by atoms with Crippen LogP contribution >= 0.6 is 0 Å². The molecule has 3 N–H and O–H groups in total. The van der Waals surface area contributed by atoms with Crippen molar-refractivity contribution in [3.05, 3.63) is 54.1 Å². The average Bonchev–Trinajstić information content (AvgIpc) is 2.59. The van der Waals surface area contributed by atoms with Crippen molar-refractivity contribution in [2.45, 2.75) is 17.9 Å². The highest BCUT2D eigenvalue weighted by molar-refractivity contribution is 7.89. The van der Waals surface area contributed by atoms with Gasteiger partial charge in [0.25, 0.3) is 0 Å². The molecule has 26 heavy (non-hydrogen) atoms. The second-order valence-corrected chi connectivity index (χ2v) is 7.42. The van der Waals surface area contributed by atoms with Crippen LogP contribution in [-0.4, -0.2) is 35.1 Å². The van der Waals surface area contributed by atoms with E-state index in [2.05, 4.69) is 5.32 Å². The van der Waals surface area contributed by atoms with Crippen LogP contribution in [0.25, 0.3) is 0 Å². The SMILES string of the molecule is CCOC(=O)[C@@H](Nc1cc(S(N)(=O)=O)ccc1N(C)C)c1ccccc1. The molecule has 0 bridgehead atoms. The number of benzene rings is 2. The lowest BCUT2D eigenvalue weighted by atomic mass is 10.1. The maximum absolute atomic E-state index is 12.5. The topological polar surface area (TPSA) is 102 Å². The van der Waals surface area contributed by atoms with Gasteiger partial charge in [-0.2, -0.15) is 0 Å². The highest BCUT2D eigenvalue weighted by Crippen LogP contribution is 2.31. The number of nitrogens with zero attached hydrogens (tertiary/aromatic N) is 1. The van der Waals surface area contributed by atoms with Crippen LogP contribution in [0.4, 0.5) is 11.4 Å². The lowest BCUT2D eigenvalue weighted by Gasteiger charge is -2.24. The number of hydrogen-bond donors (Lipinski definition) is 2. The van der Waals surface area contributed by atoms with Gasteiger partial charge < -0.3 is 15.0 Å². The monoisotopic (exact) mass is 377 g/mol. The summed E-state index contributed by atoms with van der Waals surface area (Å²) in [4.78, 5) is 14.2. The second kappa shape index (κ2) is 8.20. The Labute approximate surface area is 153 Å². The molecule has 2 rings (SSSR count). The van der Waals surface area contributed by atoms with Gasteiger partial charge in [-0.05, 0) is 30.7 Å². The lowest BCUT2D eigenvalue weighted by molar-refractivity contribution is -0.144. The Balaban J connectivity index is 2.51. The first-order valence-corrected chi connectivity index (χ1v) is 9.61. The van der Waals surface area contributed by atoms with E-state index >= 15 is 0 Å². The second-order valence-electron chi connectivity index (χ2n) is 5.86. The van der Waals surface area contributed by atoms with Gasteiger partial charge in [-0.3, -0.25) is 0 Å². The maximum atomic E-state index is 12.5. The molecule has 0 radical (unpaired) electrons. The van der Waals surface area contributed by atoms with Crippen molar-refractivity contribution in [1.82, 2.24) is 0 Å². The van der Waals surface area contributed by atoms with Gasteiger partial charge in [0.05, 0.1) is 22.9 Å². The fourth-order valence-electron chi connectivity index (χ4n) is 2.50. The van der Waals surface area contributed by atoms with Crippen molar-refractivity contribution >= 4 is 27.4 Å². The molecule has 7 nitrogen and oxygen atoms in total. The minimum Gasteiger partial charge on any atom is -0.464 e. The number of carbonyl (C=O) groups excluding carboxylic acids is 1. The van der Waals surface area contributed by atoms with E-state index < -0.39 is 22.0 Å². The number of hydrogen-bond acceptors (Lipinski definition) is 6. The van der Waals surface area contributed by atoms with Crippen molar-refractivity contribution in [2.24, 2.45) is 5.14 Å². The molecule has 8 heteroatoms. The third-order valence-electron chi connectivity index (χ3n) is 3.73. The summed E-state index contributed by atoms with van der Waals surface area (Å²) in [6.45, 7) is 1.97. The Morgan fingerprint density at radius 3 is 2.38 bits per heavy atom. The number of carbonyl (C=O) groups is 1. The molecular formula is C18H23N3O4S. The molecule has 0 aliphatic carbocycles. The minimum absolute atomic E-state index is 0.0405. The zero-order chi connectivity index (χ0) is 19.3. The zero-order valence-electron chi connectivity index (χ0n) is 15.0. The van der Waals surface area contributed by atoms with E-state index in [1.165, 1.54) is 12.1 Å². The molecular weight excluding hydrogens is 354 g/mol. The van der Waals surface area contributed by atoms with E-state index in [1.807, 2.05) is 37.2 Å². The molecule has 2 aromatic carbocycles. The third kappa shape index (κ3) is 4.74. The van der Waals surface area contributed by atoms with E-state index in [-0.39, 0.29) is 11.5 Å². The number of sulfonamides is 1. The summed E-state index contributed by atoms with van der Waals surface area (Å²) in [5, 5.41) is 8.35. The predicted molar refractivity (Wildman–Crippen MR) is 102 cm³/mol. The van der Waals surface area contributed by atoms with E-state index in [4.69, 9.17) is 9.88 Å². The maximum Gasteiger partial charge on any atom is 0.333 e. The van der Waals surface area contributed by atoms with Gasteiger partial charge in [-0.25, -0.2) is 18.4 Å². The normalized spacial score (nSPS) is 12.3. The molecule has 0 saturated carbocycles. The van der Waals surface area contributed by atoms with Crippen molar-refractivity contribution in [3.63, 3.8) is 0 Å². The van der Waals surface area contributed by atoms with Gasteiger partial charge in [0, 0.05) is 14.1 Å². The van der Waals surface area contributed by atoms with Crippen molar-refractivity contribution in [3.8, 4) is 0 Å². The van der Waals surface area contributed by atoms with Crippen LogP contribution in [0.15, 0.2) is 53.4 Å². The van der Waals surface area contributed by atoms with Crippen LogP contribution in [0, 0.1) is 0 Å². The van der Waals surface area contributed by atoms with Crippen LogP contribution in [0.2, 0.25) is 0 Å². The molecule has 1 atom stereocenters. The largest absolute Gasteiger partial charge is 0.464 e. The Morgan fingerprint density at radius 2 is 1.85 bits per heavy atom. The fraction of sp³-hybridized carbons (Fsp3) is 0.278. The Bertz CT molecular complexity index is 867. The first-order valence-electron chi connectivity index (χ1n) is 8.06. The van der Waals surface area contributed by atoms with Gasteiger partial charge in [-0.15, -0.1) is 0 Å². The van der Waals surface area contributed by atoms with Crippen LogP contribution in [0.1, 0.15) is 18.5 Å². The summed E-state index contributed by atoms with van der Waals surface area (Å²) >= 11 is 0. The van der Waals surface area contributed by atoms with Gasteiger partial charge in [0.15, 0.2) is 6.04 Å². The summed E-state index contributed by atoms with van der Waals surface area (Å²) < 4.78 is 28.6. The number of nitrogens with one attached hydrogen (secondary N) is 1. The molecule has 0 fully saturated rings. The van der Waals surface area contributed by atoms with E-state index in [1.54, 1.807) is 25.1 Å². The van der Waals surface area contributed by atoms with Crippen LogP contribution in [0.5, 0.6) is 0 Å². The zero-order valence-corrected chi connectivity index (χ0v) is 15.8. The first-order chi connectivity index (χ1) is 12.2. The van der Waals surface area contributed by atoms with Gasteiger partial charge in [0.1, 0.15) is 0 Å². The van der Waals surface area contributed by atoms with Gasteiger partial charge in [0.2, 0.25) is 10.0 Å². The fourth-order valence-corrected chi connectivity index (χ4v) is 3.04. The number of rotatable bonds is 7. The highest BCUT2D eigenvalue weighted by Gasteiger charge is 2.24. The standard InChI is InChI=1S/C18H23N3O4S/c1-4-25-18(22)17(13-8-6-5-7-9-13)20-15-12-14(26(19,23)24)10-11-16(15)21(2)3/h5-12,17,20H,4H2,1-3H3,(H2,19,23,24)/t17-/m0/s1. The molecule has 0 saturated heterocycles. The van der Waals surface area contributed by atoms with Crippen molar-refractivity contribution < 1.29 is 17.9 Å². The smallest absolute Gasteiger partial charge is 0.333 e. The minimum atomic E-state index is -3.87. The Hall–Kier alpha value is -2.58. The molecule has 0 heterocycles. The Kier molecular flexibility index (Phi) is 6.23. The molecule has 0 unspecified atom stereocenters. The summed E-state index contributed by atoms with van der Waals surface area (Å²) in [5.74, 6) is -0.454. The first kappa shape index (κ1) is 19.7. The quantitative estimate of drug-likeness (QED) is 0.717. The Morgan fingerprint density at radius 1 is 1.19 bits per heavy atom. The number of primary sulfonamides is 1. The molecule has 2 aromatic rings. The van der Waals surface area contributed by atoms with E-state index in [0.29, 0.717) is 16.9 Å². The van der Waals surface area contributed by atoms with Crippen LogP contribution in [-0.2, 0) is 19.6 Å².